The summed E-state index contributed by atoms with van der Waals surface area (Å²) in [7, 11) is 0. The van der Waals surface area contributed by atoms with Crippen molar-refractivity contribution in [1.82, 2.24) is 10.2 Å². The van der Waals surface area contributed by atoms with E-state index in [4.69, 9.17) is 5.11 Å². The number of β-amino-alcohol motifs (C(OH)–C–C–N with tert-alkyl or cyclic N) is 1. The van der Waals surface area contributed by atoms with Crippen LogP contribution in [0.1, 0.15) is 6.92 Å². The lowest BCUT2D eigenvalue weighted by atomic mass is 10.3. The zero-order valence-corrected chi connectivity index (χ0v) is 5.80. The molecule has 0 aromatic carbocycles. The van der Waals surface area contributed by atoms with Gasteiger partial charge in [0.15, 0.2) is 0 Å². The van der Waals surface area contributed by atoms with E-state index >= 15 is 0 Å². The Hall–Kier alpha value is -0.120. The van der Waals surface area contributed by atoms with E-state index in [2.05, 4.69) is 17.1 Å². The molecule has 1 aliphatic rings. The smallest absolute Gasteiger partial charge is 0.117 e. The van der Waals surface area contributed by atoms with Crippen molar-refractivity contribution in [2.24, 2.45) is 0 Å². The molecule has 2 N–H and O–H groups in total. The van der Waals surface area contributed by atoms with Crippen LogP contribution in [0.3, 0.4) is 0 Å². The highest BCUT2D eigenvalue weighted by Crippen LogP contribution is 1.94. The summed E-state index contributed by atoms with van der Waals surface area (Å²) in [6.45, 7) is 5.90. The van der Waals surface area contributed by atoms with Crippen molar-refractivity contribution >= 4 is 0 Å². The zero-order chi connectivity index (χ0) is 6.69. The van der Waals surface area contributed by atoms with Crippen LogP contribution < -0.4 is 5.32 Å². The normalized spacial score (nSPS) is 30.7. The van der Waals surface area contributed by atoms with Crippen molar-refractivity contribution in [3.8, 4) is 0 Å². The molecule has 0 amide bonds. The summed E-state index contributed by atoms with van der Waals surface area (Å²) in [5.74, 6) is 0. The van der Waals surface area contributed by atoms with Gasteiger partial charge in [-0.25, -0.2) is 0 Å². The van der Waals surface area contributed by atoms with Crippen molar-refractivity contribution in [3.05, 3.63) is 0 Å². The summed E-state index contributed by atoms with van der Waals surface area (Å²) < 4.78 is 0. The van der Waals surface area contributed by atoms with E-state index in [0.717, 1.165) is 26.2 Å². The molecule has 1 atom stereocenters. The first-order valence-corrected chi connectivity index (χ1v) is 3.46. The molecule has 0 aliphatic carbocycles. The van der Waals surface area contributed by atoms with E-state index in [9.17, 15) is 0 Å². The average Bonchev–Trinajstić information content (AvgIpc) is 1.88. The van der Waals surface area contributed by atoms with Gasteiger partial charge in [0.25, 0.3) is 0 Å². The van der Waals surface area contributed by atoms with Gasteiger partial charge in [-0.1, -0.05) is 6.92 Å². The summed E-state index contributed by atoms with van der Waals surface area (Å²) in [6, 6.07) is 0. The van der Waals surface area contributed by atoms with Crippen LogP contribution in [0.2, 0.25) is 0 Å². The molecule has 0 radical (unpaired) electrons. The molecular weight excluding hydrogens is 116 g/mol. The molecule has 0 saturated carbocycles. The molecule has 3 nitrogen and oxygen atoms in total. The van der Waals surface area contributed by atoms with Crippen LogP contribution in [0.5, 0.6) is 0 Å². The predicted octanol–water partition coefficient (Wildman–Crippen LogP) is -0.770. The lowest BCUT2D eigenvalue weighted by Crippen LogP contribution is -2.50. The number of nitrogens with zero attached hydrogens (tertiary/aromatic N) is 1. The summed E-state index contributed by atoms with van der Waals surface area (Å²) in [5, 5.41) is 12.0. The fraction of sp³-hybridized carbons (Fsp3) is 1.00. The first-order valence-electron chi connectivity index (χ1n) is 3.46. The van der Waals surface area contributed by atoms with Crippen molar-refractivity contribution in [2.45, 2.75) is 13.2 Å². The lowest BCUT2D eigenvalue weighted by molar-refractivity contribution is 0.0572. The first-order chi connectivity index (χ1) is 4.33. The Labute approximate surface area is 55.7 Å². The minimum atomic E-state index is -0.307. The van der Waals surface area contributed by atoms with Gasteiger partial charge in [0.05, 0.1) is 0 Å². The minimum absolute atomic E-state index is 0.307. The number of aliphatic hydroxyl groups is 1. The monoisotopic (exact) mass is 130 g/mol. The number of nitrogens with one attached hydrogen (secondary N) is 1. The highest BCUT2D eigenvalue weighted by molar-refractivity contribution is 4.68. The first kappa shape index (κ1) is 6.99. The molecule has 9 heavy (non-hydrogen) atoms. The third kappa shape index (κ3) is 1.93. The number of hydrogen-bond donors (Lipinski definition) is 2. The van der Waals surface area contributed by atoms with Crippen molar-refractivity contribution in [1.29, 1.82) is 0 Å². The van der Waals surface area contributed by atoms with Gasteiger partial charge in [-0.15, -0.1) is 0 Å². The minimum Gasteiger partial charge on any atom is -0.377 e. The third-order valence-electron chi connectivity index (χ3n) is 1.69. The Kier molecular flexibility index (Phi) is 2.45. The van der Waals surface area contributed by atoms with E-state index in [1.54, 1.807) is 0 Å². The molecule has 0 bridgehead atoms. The Morgan fingerprint density at radius 1 is 1.78 bits per heavy atom. The zero-order valence-electron chi connectivity index (χ0n) is 5.80. The highest BCUT2D eigenvalue weighted by atomic mass is 16.3. The van der Waals surface area contributed by atoms with Gasteiger partial charge in [-0.2, -0.15) is 0 Å². The second-order valence-electron chi connectivity index (χ2n) is 2.36. The summed E-state index contributed by atoms with van der Waals surface area (Å²) in [5.41, 5.74) is 0. The van der Waals surface area contributed by atoms with E-state index in [0.29, 0.717) is 0 Å². The summed E-state index contributed by atoms with van der Waals surface area (Å²) in [6.07, 6.45) is -0.307. The summed E-state index contributed by atoms with van der Waals surface area (Å²) in [4.78, 5) is 2.22. The van der Waals surface area contributed by atoms with Crippen molar-refractivity contribution < 1.29 is 5.11 Å². The van der Waals surface area contributed by atoms with Crippen LogP contribution in [0.15, 0.2) is 0 Å². The van der Waals surface area contributed by atoms with Gasteiger partial charge in [-0.05, 0) is 6.54 Å². The van der Waals surface area contributed by atoms with Crippen LogP contribution in [-0.2, 0) is 0 Å². The number of piperazine rings is 1. The van der Waals surface area contributed by atoms with E-state index in [1.165, 1.54) is 0 Å². The van der Waals surface area contributed by atoms with Gasteiger partial charge >= 0.3 is 0 Å². The average molecular weight is 130 g/mol. The molecule has 1 saturated heterocycles. The van der Waals surface area contributed by atoms with Gasteiger partial charge < -0.3 is 5.11 Å². The van der Waals surface area contributed by atoms with Gasteiger partial charge in [0.1, 0.15) is 6.23 Å². The molecule has 1 heterocycles. The maximum absolute atomic E-state index is 9.06. The van der Waals surface area contributed by atoms with E-state index in [1.807, 2.05) is 0 Å². The molecule has 1 aliphatic heterocycles. The SMILES string of the molecule is CCN1CCNC(O)C1. The molecule has 0 aromatic rings. The number of likely N-dealkylation sites (N-methyl/N-ethyl adjacent to an activating group) is 1. The van der Waals surface area contributed by atoms with E-state index < -0.39 is 0 Å². The Balaban J connectivity index is 2.23. The predicted molar refractivity (Wildman–Crippen MR) is 36.1 cm³/mol. The standard InChI is InChI=1S/C6H14N2O/c1-2-8-4-3-7-6(9)5-8/h6-7,9H,2-5H2,1H3. The maximum atomic E-state index is 9.06. The fourth-order valence-electron chi connectivity index (χ4n) is 1.08. The second kappa shape index (κ2) is 3.15. The Morgan fingerprint density at radius 2 is 2.56 bits per heavy atom. The molecule has 0 aromatic heterocycles. The van der Waals surface area contributed by atoms with Crippen molar-refractivity contribution in [2.75, 3.05) is 26.2 Å². The maximum Gasteiger partial charge on any atom is 0.117 e. The second-order valence-corrected chi connectivity index (χ2v) is 2.36. The lowest BCUT2D eigenvalue weighted by Gasteiger charge is -2.29. The summed E-state index contributed by atoms with van der Waals surface area (Å²) >= 11 is 0. The number of aliphatic hydroxyl groups excluding tert-OH is 1. The van der Waals surface area contributed by atoms with Crippen LogP contribution in [-0.4, -0.2) is 42.4 Å². The van der Waals surface area contributed by atoms with Gasteiger partial charge in [0.2, 0.25) is 0 Å². The van der Waals surface area contributed by atoms with Gasteiger partial charge in [0, 0.05) is 19.6 Å². The molecule has 1 rings (SSSR count). The molecule has 3 heteroatoms. The fourth-order valence-corrected chi connectivity index (χ4v) is 1.08. The highest BCUT2D eigenvalue weighted by Gasteiger charge is 2.13. The van der Waals surface area contributed by atoms with Gasteiger partial charge in [-0.3, -0.25) is 10.2 Å². The largest absolute Gasteiger partial charge is 0.377 e. The van der Waals surface area contributed by atoms with Crippen LogP contribution in [0, 0.1) is 0 Å². The molecular formula is C6H14N2O. The van der Waals surface area contributed by atoms with Crippen molar-refractivity contribution in [3.63, 3.8) is 0 Å². The molecule has 1 fully saturated rings. The van der Waals surface area contributed by atoms with Crippen LogP contribution >= 0.6 is 0 Å². The third-order valence-corrected chi connectivity index (χ3v) is 1.69. The number of hydrogen-bond acceptors (Lipinski definition) is 3. The Morgan fingerprint density at radius 3 is 3.00 bits per heavy atom. The molecule has 54 valence electrons. The quantitative estimate of drug-likeness (QED) is 0.489. The number of rotatable bonds is 1. The van der Waals surface area contributed by atoms with E-state index in [-0.39, 0.29) is 6.23 Å². The Bertz CT molecular complexity index is 87.1. The topological polar surface area (TPSA) is 35.5 Å². The van der Waals surface area contributed by atoms with Crippen LogP contribution in [0.25, 0.3) is 0 Å². The van der Waals surface area contributed by atoms with Crippen LogP contribution in [0.4, 0.5) is 0 Å². The molecule has 1 unspecified atom stereocenters. The molecule has 0 spiro atoms.